The lowest BCUT2D eigenvalue weighted by molar-refractivity contribution is 0.0982. The zero-order valence-electron chi connectivity index (χ0n) is 11.2. The number of nitrogens with zero attached hydrogens (tertiary/aromatic N) is 2. The molecule has 2 N–H and O–H groups in total. The minimum absolute atomic E-state index is 0.219. The van der Waals surface area contributed by atoms with Crippen LogP contribution in [0.2, 0.25) is 0 Å². The molecule has 0 aliphatic rings. The number of amides is 1. The predicted octanol–water partition coefficient (Wildman–Crippen LogP) is 2.86. The van der Waals surface area contributed by atoms with Crippen LogP contribution in [0.4, 0.5) is 15.8 Å². The molecule has 0 spiro atoms. The average molecular weight is 273 g/mol. The first-order valence-electron chi connectivity index (χ1n) is 6.40. The Morgan fingerprint density at radius 3 is 2.50 bits per heavy atom. The van der Waals surface area contributed by atoms with Gasteiger partial charge in [0.2, 0.25) is 0 Å². The summed E-state index contributed by atoms with van der Waals surface area (Å²) in [7, 11) is 0. The highest BCUT2D eigenvalue weighted by Crippen LogP contribution is 2.19. The van der Waals surface area contributed by atoms with Crippen molar-refractivity contribution in [1.29, 1.82) is 0 Å². The molecule has 1 aromatic carbocycles. The van der Waals surface area contributed by atoms with Gasteiger partial charge in [0.05, 0.1) is 6.20 Å². The van der Waals surface area contributed by atoms with Gasteiger partial charge in [0.25, 0.3) is 5.91 Å². The van der Waals surface area contributed by atoms with Crippen LogP contribution < -0.4 is 10.6 Å². The fraction of sp³-hybridized carbons (Fsp3) is 0.200. The standard InChI is InChI=1S/C15H16FN3O/c1-2-9-19(13-6-4-12(17)5-7-13)15(20)14-8-3-11(16)10-18-14/h3-8,10H,2,9,17H2,1H3. The monoisotopic (exact) mass is 273 g/mol. The van der Waals surface area contributed by atoms with E-state index in [0.717, 1.165) is 18.3 Å². The summed E-state index contributed by atoms with van der Waals surface area (Å²) in [5.74, 6) is -0.715. The van der Waals surface area contributed by atoms with Gasteiger partial charge in [-0.3, -0.25) is 4.79 Å². The van der Waals surface area contributed by atoms with Crippen LogP contribution in [0.1, 0.15) is 23.8 Å². The zero-order valence-corrected chi connectivity index (χ0v) is 11.2. The van der Waals surface area contributed by atoms with Gasteiger partial charge < -0.3 is 10.6 Å². The van der Waals surface area contributed by atoms with Crippen LogP contribution in [0, 0.1) is 5.82 Å². The Bertz CT molecular complexity index is 581. The first-order chi connectivity index (χ1) is 9.61. The Hall–Kier alpha value is -2.43. The number of nitrogens with two attached hydrogens (primary N) is 1. The molecule has 5 heteroatoms. The van der Waals surface area contributed by atoms with E-state index in [4.69, 9.17) is 5.73 Å². The molecule has 0 unspecified atom stereocenters. The van der Waals surface area contributed by atoms with Crippen molar-refractivity contribution in [3.63, 3.8) is 0 Å². The Morgan fingerprint density at radius 1 is 1.25 bits per heavy atom. The largest absolute Gasteiger partial charge is 0.399 e. The van der Waals surface area contributed by atoms with E-state index >= 15 is 0 Å². The highest BCUT2D eigenvalue weighted by Gasteiger charge is 2.18. The van der Waals surface area contributed by atoms with Gasteiger partial charge >= 0.3 is 0 Å². The van der Waals surface area contributed by atoms with Crippen LogP contribution in [-0.4, -0.2) is 17.4 Å². The van der Waals surface area contributed by atoms with E-state index in [-0.39, 0.29) is 11.6 Å². The number of pyridine rings is 1. The molecule has 0 fully saturated rings. The molecule has 0 aliphatic carbocycles. The summed E-state index contributed by atoms with van der Waals surface area (Å²) in [4.78, 5) is 17.9. The first kappa shape index (κ1) is 14.0. The number of hydrogen-bond acceptors (Lipinski definition) is 3. The van der Waals surface area contributed by atoms with Gasteiger partial charge in [0, 0.05) is 17.9 Å². The number of anilines is 2. The topological polar surface area (TPSA) is 59.2 Å². The molecular weight excluding hydrogens is 257 g/mol. The first-order valence-corrected chi connectivity index (χ1v) is 6.40. The highest BCUT2D eigenvalue weighted by atomic mass is 19.1. The van der Waals surface area contributed by atoms with E-state index in [1.54, 1.807) is 29.2 Å². The highest BCUT2D eigenvalue weighted by molar-refractivity contribution is 6.04. The molecule has 1 heterocycles. The van der Waals surface area contributed by atoms with E-state index in [1.165, 1.54) is 12.1 Å². The molecule has 0 bridgehead atoms. The van der Waals surface area contributed by atoms with Gasteiger partial charge in [0.15, 0.2) is 0 Å². The lowest BCUT2D eigenvalue weighted by Crippen LogP contribution is -2.32. The molecular formula is C15H16FN3O. The SMILES string of the molecule is CCCN(C(=O)c1ccc(F)cn1)c1ccc(N)cc1. The van der Waals surface area contributed by atoms with Gasteiger partial charge in [-0.15, -0.1) is 0 Å². The average Bonchev–Trinajstić information content (AvgIpc) is 2.46. The number of carbonyl (C=O) groups excluding carboxylic acids is 1. The molecule has 104 valence electrons. The minimum atomic E-state index is -0.462. The van der Waals surface area contributed by atoms with Crippen molar-refractivity contribution in [3.05, 3.63) is 54.1 Å². The number of nitrogen functional groups attached to an aromatic ring is 1. The lowest BCUT2D eigenvalue weighted by atomic mass is 10.2. The number of aromatic nitrogens is 1. The van der Waals surface area contributed by atoms with E-state index in [9.17, 15) is 9.18 Å². The molecule has 1 aromatic heterocycles. The van der Waals surface area contributed by atoms with Crippen LogP contribution in [0.25, 0.3) is 0 Å². The van der Waals surface area contributed by atoms with Crippen LogP contribution >= 0.6 is 0 Å². The zero-order chi connectivity index (χ0) is 14.5. The van der Waals surface area contributed by atoms with Crippen LogP contribution in [0.5, 0.6) is 0 Å². The summed E-state index contributed by atoms with van der Waals surface area (Å²) in [6.07, 6.45) is 1.84. The third-order valence-electron chi connectivity index (χ3n) is 2.84. The van der Waals surface area contributed by atoms with Crippen molar-refractivity contribution in [2.75, 3.05) is 17.2 Å². The van der Waals surface area contributed by atoms with Crippen molar-refractivity contribution in [2.45, 2.75) is 13.3 Å². The normalized spacial score (nSPS) is 10.3. The molecule has 0 atom stereocenters. The summed E-state index contributed by atoms with van der Waals surface area (Å²) in [5, 5.41) is 0. The third kappa shape index (κ3) is 3.12. The van der Waals surface area contributed by atoms with Crippen LogP contribution in [0.15, 0.2) is 42.6 Å². The summed E-state index contributed by atoms with van der Waals surface area (Å²) in [6, 6.07) is 9.66. The predicted molar refractivity (Wildman–Crippen MR) is 77.0 cm³/mol. The number of benzene rings is 1. The summed E-state index contributed by atoms with van der Waals surface area (Å²) in [6.45, 7) is 2.54. The second-order valence-electron chi connectivity index (χ2n) is 4.41. The molecule has 2 aromatic rings. The maximum Gasteiger partial charge on any atom is 0.276 e. The summed E-state index contributed by atoms with van der Waals surface area (Å²) >= 11 is 0. The van der Waals surface area contributed by atoms with Crippen molar-refractivity contribution in [3.8, 4) is 0 Å². The smallest absolute Gasteiger partial charge is 0.276 e. The van der Waals surface area contributed by atoms with Crippen molar-refractivity contribution < 1.29 is 9.18 Å². The number of rotatable bonds is 4. The van der Waals surface area contributed by atoms with Gasteiger partial charge in [-0.1, -0.05) is 6.92 Å². The lowest BCUT2D eigenvalue weighted by Gasteiger charge is -2.22. The molecule has 1 amide bonds. The molecule has 0 radical (unpaired) electrons. The molecule has 4 nitrogen and oxygen atoms in total. The molecule has 0 aliphatic heterocycles. The minimum Gasteiger partial charge on any atom is -0.399 e. The maximum atomic E-state index is 12.9. The molecule has 2 rings (SSSR count). The maximum absolute atomic E-state index is 12.9. The van der Waals surface area contributed by atoms with E-state index in [1.807, 2.05) is 6.92 Å². The van der Waals surface area contributed by atoms with Gasteiger partial charge in [-0.05, 0) is 42.8 Å². The molecule has 0 saturated carbocycles. The van der Waals surface area contributed by atoms with Crippen molar-refractivity contribution >= 4 is 17.3 Å². The fourth-order valence-corrected chi connectivity index (χ4v) is 1.87. The quantitative estimate of drug-likeness (QED) is 0.871. The van der Waals surface area contributed by atoms with Crippen LogP contribution in [0.3, 0.4) is 0 Å². The third-order valence-corrected chi connectivity index (χ3v) is 2.84. The number of halogens is 1. The second kappa shape index (κ2) is 6.14. The number of carbonyl (C=O) groups is 1. The van der Waals surface area contributed by atoms with Gasteiger partial charge in [-0.25, -0.2) is 9.37 Å². The summed E-state index contributed by atoms with van der Waals surface area (Å²) < 4.78 is 12.9. The Kier molecular flexibility index (Phi) is 4.30. The van der Waals surface area contributed by atoms with E-state index in [2.05, 4.69) is 4.98 Å². The Morgan fingerprint density at radius 2 is 1.95 bits per heavy atom. The van der Waals surface area contributed by atoms with E-state index < -0.39 is 5.82 Å². The van der Waals surface area contributed by atoms with E-state index in [0.29, 0.717) is 12.2 Å². The molecule has 0 saturated heterocycles. The second-order valence-corrected chi connectivity index (χ2v) is 4.41. The van der Waals surface area contributed by atoms with Crippen LogP contribution in [-0.2, 0) is 0 Å². The fourth-order valence-electron chi connectivity index (χ4n) is 1.87. The van der Waals surface area contributed by atoms with Gasteiger partial charge in [0.1, 0.15) is 11.5 Å². The Balaban J connectivity index is 2.30. The molecule has 20 heavy (non-hydrogen) atoms. The Labute approximate surface area is 117 Å². The summed E-state index contributed by atoms with van der Waals surface area (Å²) in [5.41, 5.74) is 7.25. The van der Waals surface area contributed by atoms with Gasteiger partial charge in [-0.2, -0.15) is 0 Å². The van der Waals surface area contributed by atoms with Crippen molar-refractivity contribution in [2.24, 2.45) is 0 Å². The number of hydrogen-bond donors (Lipinski definition) is 1. The van der Waals surface area contributed by atoms with Crippen molar-refractivity contribution in [1.82, 2.24) is 4.98 Å².